The van der Waals surface area contributed by atoms with Crippen molar-refractivity contribution in [3.63, 3.8) is 0 Å². The fourth-order valence-corrected chi connectivity index (χ4v) is 0.893. The molecule has 0 saturated carbocycles. The lowest BCUT2D eigenvalue weighted by atomic mass is 10.6. The third-order valence-corrected chi connectivity index (χ3v) is 1.38. The van der Waals surface area contributed by atoms with Crippen molar-refractivity contribution in [3.05, 3.63) is 25.8 Å². The molecule has 1 N–H and O–H groups in total. The predicted octanol–water partition coefficient (Wildman–Crippen LogP) is 0.345. The summed E-state index contributed by atoms with van der Waals surface area (Å²) in [6.45, 7) is 0. The number of nitrogens with one attached hydrogen (secondary N) is 1. The molecule has 1 heterocycles. The van der Waals surface area contributed by atoms with Gasteiger partial charge in [0.1, 0.15) is 0 Å². The van der Waals surface area contributed by atoms with E-state index in [2.05, 4.69) is 4.37 Å². The lowest BCUT2D eigenvalue weighted by Crippen LogP contribution is -1.97. The average Bonchev–Trinajstić information content (AvgIpc) is 2.13. The topological polar surface area (TPSA) is 76.0 Å². The summed E-state index contributed by atoms with van der Waals surface area (Å²) in [5.41, 5.74) is -0.389. The molecule has 1 rings (SSSR count). The number of aromatic nitrogens is 1. The van der Waals surface area contributed by atoms with E-state index >= 15 is 0 Å². The largest absolute Gasteiger partial charge is 0.344 e. The highest BCUT2D eigenvalue weighted by molar-refractivity contribution is 7.03. The Kier molecular flexibility index (Phi) is 1.31. The highest BCUT2D eigenvalue weighted by atomic mass is 32.1. The second-order valence-electron chi connectivity index (χ2n) is 1.29. The first-order valence-corrected chi connectivity index (χ1v) is 2.84. The molecule has 0 fully saturated rings. The molecule has 0 aromatic carbocycles. The van der Waals surface area contributed by atoms with Crippen molar-refractivity contribution in [2.75, 3.05) is 0 Å². The summed E-state index contributed by atoms with van der Waals surface area (Å²) < 4.78 is 1.83. The molecule has 5 nitrogen and oxygen atoms in total. The van der Waals surface area contributed by atoms with E-state index in [9.17, 15) is 14.9 Å². The van der Waals surface area contributed by atoms with Crippen LogP contribution in [0.2, 0.25) is 0 Å². The molecular weight excluding hydrogens is 144 g/mol. The van der Waals surface area contributed by atoms with Crippen LogP contribution >= 0.6 is 11.5 Å². The summed E-state index contributed by atoms with van der Waals surface area (Å²) in [4.78, 5) is 19.6. The SMILES string of the molecule is O=c1s[nH]cc1[N+](=O)[O-]. The molecule has 1 aromatic rings. The van der Waals surface area contributed by atoms with Crippen molar-refractivity contribution >= 4 is 17.2 Å². The molecule has 9 heavy (non-hydrogen) atoms. The van der Waals surface area contributed by atoms with Crippen LogP contribution < -0.4 is 4.74 Å². The first kappa shape index (κ1) is 5.96. The third-order valence-electron chi connectivity index (χ3n) is 0.753. The second-order valence-corrected chi connectivity index (χ2v) is 2.10. The van der Waals surface area contributed by atoms with Crippen LogP contribution in [-0.2, 0) is 0 Å². The molecule has 0 amide bonds. The number of rotatable bonds is 1. The molecule has 6 heteroatoms. The van der Waals surface area contributed by atoms with Gasteiger partial charge in [-0.15, -0.1) is 0 Å². The van der Waals surface area contributed by atoms with Crippen LogP contribution in [0, 0.1) is 10.1 Å². The lowest BCUT2D eigenvalue weighted by Gasteiger charge is -1.75. The van der Waals surface area contributed by atoms with E-state index in [4.69, 9.17) is 0 Å². The minimum absolute atomic E-state index is 0.389. The van der Waals surface area contributed by atoms with Crippen molar-refractivity contribution in [3.8, 4) is 0 Å². The minimum atomic E-state index is -0.713. The van der Waals surface area contributed by atoms with Gasteiger partial charge < -0.3 is 4.37 Å². The maximum absolute atomic E-state index is 10.4. The Bertz CT molecular complexity index is 275. The quantitative estimate of drug-likeness (QED) is 0.458. The minimum Gasteiger partial charge on any atom is -0.308 e. The van der Waals surface area contributed by atoms with Crippen molar-refractivity contribution < 1.29 is 4.92 Å². The van der Waals surface area contributed by atoms with E-state index in [1.54, 1.807) is 0 Å². The average molecular weight is 146 g/mol. The van der Waals surface area contributed by atoms with Crippen LogP contribution in [0.4, 0.5) is 5.69 Å². The van der Waals surface area contributed by atoms with Gasteiger partial charge in [-0.1, -0.05) is 0 Å². The van der Waals surface area contributed by atoms with Crippen LogP contribution in [0.15, 0.2) is 11.0 Å². The van der Waals surface area contributed by atoms with Crippen molar-refractivity contribution in [1.29, 1.82) is 0 Å². The molecule has 0 unspecified atom stereocenters. The van der Waals surface area contributed by atoms with E-state index in [1.165, 1.54) is 0 Å². The van der Waals surface area contributed by atoms with E-state index < -0.39 is 9.67 Å². The van der Waals surface area contributed by atoms with Crippen LogP contribution in [-0.4, -0.2) is 9.30 Å². The number of nitrogens with zero attached hydrogens (tertiary/aromatic N) is 1. The van der Waals surface area contributed by atoms with E-state index in [1.807, 2.05) is 0 Å². The van der Waals surface area contributed by atoms with Crippen molar-refractivity contribution in [2.24, 2.45) is 0 Å². The molecule has 0 aliphatic heterocycles. The van der Waals surface area contributed by atoms with Crippen LogP contribution in [0.25, 0.3) is 0 Å². The number of hydrogen-bond acceptors (Lipinski definition) is 4. The number of aromatic amines is 1. The maximum atomic E-state index is 10.4. The van der Waals surface area contributed by atoms with Gasteiger partial charge in [-0.05, 0) is 11.5 Å². The molecule has 0 aliphatic rings. The number of H-pyrrole nitrogens is 1. The Morgan fingerprint density at radius 2 is 2.44 bits per heavy atom. The molecule has 0 radical (unpaired) electrons. The summed E-state index contributed by atoms with van der Waals surface area (Å²) in [6.07, 6.45) is 1.08. The summed E-state index contributed by atoms with van der Waals surface area (Å²) >= 11 is 0.711. The molecular formula is C3H2N2O3S. The van der Waals surface area contributed by atoms with Crippen LogP contribution in [0.5, 0.6) is 0 Å². The lowest BCUT2D eigenvalue weighted by molar-refractivity contribution is -0.385. The van der Waals surface area contributed by atoms with Gasteiger partial charge in [0.05, 0.1) is 11.1 Å². The molecule has 1 aromatic heterocycles. The second kappa shape index (κ2) is 1.98. The molecule has 0 saturated heterocycles. The zero-order chi connectivity index (χ0) is 6.85. The first-order valence-electron chi connectivity index (χ1n) is 2.03. The Morgan fingerprint density at radius 3 is 2.67 bits per heavy atom. The molecule has 48 valence electrons. The highest BCUT2D eigenvalue weighted by Crippen LogP contribution is 2.01. The summed E-state index contributed by atoms with van der Waals surface area (Å²) in [7, 11) is 0. The standard InChI is InChI=1S/C3H2N2O3S/c6-3-2(5(7)8)1-4-9-3/h1,4H. The summed E-state index contributed by atoms with van der Waals surface area (Å²) in [5.74, 6) is 0. The van der Waals surface area contributed by atoms with Crippen LogP contribution in [0.3, 0.4) is 0 Å². The summed E-state index contributed by atoms with van der Waals surface area (Å²) in [5, 5.41) is 9.88. The Balaban J connectivity index is 3.24. The zero-order valence-electron chi connectivity index (χ0n) is 4.16. The van der Waals surface area contributed by atoms with Gasteiger partial charge in [-0.25, -0.2) is 0 Å². The van der Waals surface area contributed by atoms with E-state index in [-0.39, 0.29) is 5.69 Å². The fraction of sp³-hybridized carbons (Fsp3) is 0. The fourth-order valence-electron chi connectivity index (χ4n) is 0.377. The highest BCUT2D eigenvalue weighted by Gasteiger charge is 2.10. The zero-order valence-corrected chi connectivity index (χ0v) is 4.97. The first-order chi connectivity index (χ1) is 4.22. The van der Waals surface area contributed by atoms with Gasteiger partial charge >= 0.3 is 10.4 Å². The normalized spacial score (nSPS) is 9.33. The van der Waals surface area contributed by atoms with E-state index in [0.29, 0.717) is 11.5 Å². The Labute approximate surface area is 53.2 Å². The molecule has 0 aliphatic carbocycles. The number of nitro groups is 1. The molecule has 0 atom stereocenters. The summed E-state index contributed by atoms with van der Waals surface area (Å²) in [6, 6.07) is 0. The van der Waals surface area contributed by atoms with E-state index in [0.717, 1.165) is 6.20 Å². The van der Waals surface area contributed by atoms with Crippen molar-refractivity contribution in [2.45, 2.75) is 0 Å². The Morgan fingerprint density at radius 1 is 1.78 bits per heavy atom. The van der Waals surface area contributed by atoms with Crippen molar-refractivity contribution in [1.82, 2.24) is 4.37 Å². The molecule has 0 spiro atoms. The predicted molar refractivity (Wildman–Crippen MR) is 31.6 cm³/mol. The Hall–Kier alpha value is -1.17. The van der Waals surface area contributed by atoms with Gasteiger partial charge in [0, 0.05) is 0 Å². The third kappa shape index (κ3) is 0.968. The maximum Gasteiger partial charge on any atom is 0.344 e. The van der Waals surface area contributed by atoms with Gasteiger partial charge in [-0.3, -0.25) is 14.9 Å². The van der Waals surface area contributed by atoms with Gasteiger partial charge in [0.25, 0.3) is 0 Å². The number of hydrogen-bond donors (Lipinski definition) is 1. The van der Waals surface area contributed by atoms with Gasteiger partial charge in [0.15, 0.2) is 0 Å². The van der Waals surface area contributed by atoms with Gasteiger partial charge in [-0.2, -0.15) is 0 Å². The molecule has 0 bridgehead atoms. The van der Waals surface area contributed by atoms with Gasteiger partial charge in [0.2, 0.25) is 0 Å². The monoisotopic (exact) mass is 146 g/mol. The smallest absolute Gasteiger partial charge is 0.308 e. The van der Waals surface area contributed by atoms with Crippen LogP contribution in [0.1, 0.15) is 0 Å².